The van der Waals surface area contributed by atoms with Crippen LogP contribution in [-0.2, 0) is 23.2 Å². The Balaban J connectivity index is 1.96. The van der Waals surface area contributed by atoms with Gasteiger partial charge in [-0.25, -0.2) is 4.79 Å². The molecular weight excluding hydrogens is 354 g/mol. The van der Waals surface area contributed by atoms with Gasteiger partial charge in [0.1, 0.15) is 5.57 Å². The fourth-order valence-corrected chi connectivity index (χ4v) is 3.02. The minimum Gasteiger partial charge on any atom is -0.352 e. The Labute approximate surface area is 156 Å². The number of aryl methyl sites for hydroxylation is 1. The van der Waals surface area contributed by atoms with Gasteiger partial charge in [0.05, 0.1) is 6.54 Å². The highest BCUT2D eigenvalue weighted by Crippen LogP contribution is 2.22. The van der Waals surface area contributed by atoms with Gasteiger partial charge < -0.3 is 4.57 Å². The quantitative estimate of drug-likeness (QED) is 0.666. The lowest BCUT2D eigenvalue weighted by Crippen LogP contribution is -2.53. The van der Waals surface area contributed by atoms with Crippen molar-refractivity contribution in [2.24, 2.45) is 7.05 Å². The largest absolute Gasteiger partial charge is 0.352 e. The lowest BCUT2D eigenvalue weighted by Gasteiger charge is -2.26. The molecule has 134 valence electrons. The number of urea groups is 1. The van der Waals surface area contributed by atoms with Crippen molar-refractivity contribution in [1.82, 2.24) is 14.8 Å². The van der Waals surface area contributed by atoms with Crippen LogP contribution in [0.4, 0.5) is 4.79 Å². The van der Waals surface area contributed by atoms with E-state index in [9.17, 15) is 14.4 Å². The molecule has 1 N–H and O–H groups in total. The summed E-state index contributed by atoms with van der Waals surface area (Å²) in [5.74, 6) is -1.34. The highest BCUT2D eigenvalue weighted by molar-refractivity contribution is 6.32. The number of hydrogen-bond acceptors (Lipinski definition) is 3. The van der Waals surface area contributed by atoms with E-state index in [1.54, 1.807) is 24.3 Å². The van der Waals surface area contributed by atoms with Crippen molar-refractivity contribution < 1.29 is 14.4 Å². The smallest absolute Gasteiger partial charge is 0.331 e. The monoisotopic (exact) mass is 371 g/mol. The molecule has 1 aliphatic rings. The van der Waals surface area contributed by atoms with Crippen molar-refractivity contribution in [3.63, 3.8) is 0 Å². The van der Waals surface area contributed by atoms with E-state index >= 15 is 0 Å². The molecule has 4 amide bonds. The normalized spacial score (nSPS) is 16.4. The summed E-state index contributed by atoms with van der Waals surface area (Å²) in [6.07, 6.45) is 1.52. The average Bonchev–Trinajstić information content (AvgIpc) is 2.84. The first kappa shape index (κ1) is 17.9. The summed E-state index contributed by atoms with van der Waals surface area (Å²) >= 11 is 6.12. The molecule has 0 unspecified atom stereocenters. The van der Waals surface area contributed by atoms with Crippen LogP contribution in [0, 0.1) is 13.8 Å². The molecule has 7 heteroatoms. The number of halogens is 1. The van der Waals surface area contributed by atoms with Crippen molar-refractivity contribution in [2.75, 3.05) is 0 Å². The van der Waals surface area contributed by atoms with Gasteiger partial charge in [-0.3, -0.25) is 19.8 Å². The van der Waals surface area contributed by atoms with Crippen LogP contribution in [0.1, 0.15) is 22.5 Å². The molecule has 0 radical (unpaired) electrons. The van der Waals surface area contributed by atoms with Gasteiger partial charge in [-0.05, 0) is 43.2 Å². The molecule has 0 spiro atoms. The lowest BCUT2D eigenvalue weighted by molar-refractivity contribution is -0.130. The van der Waals surface area contributed by atoms with Crippen molar-refractivity contribution >= 4 is 35.5 Å². The maximum absolute atomic E-state index is 12.8. The number of aromatic nitrogens is 1. The number of rotatable bonds is 3. The van der Waals surface area contributed by atoms with Crippen LogP contribution in [0.15, 0.2) is 35.9 Å². The number of hydrogen-bond donors (Lipinski definition) is 1. The number of carbonyl (C=O) groups excluding carboxylic acids is 3. The van der Waals surface area contributed by atoms with E-state index in [0.717, 1.165) is 21.9 Å². The van der Waals surface area contributed by atoms with Gasteiger partial charge in [0.15, 0.2) is 0 Å². The molecule has 3 rings (SSSR count). The molecule has 1 aromatic heterocycles. The Morgan fingerprint density at radius 2 is 1.85 bits per heavy atom. The Morgan fingerprint density at radius 3 is 2.46 bits per heavy atom. The van der Waals surface area contributed by atoms with Crippen LogP contribution in [0.2, 0.25) is 5.02 Å². The summed E-state index contributed by atoms with van der Waals surface area (Å²) in [5, 5.41) is 2.67. The fourth-order valence-electron chi connectivity index (χ4n) is 2.82. The predicted octanol–water partition coefficient (Wildman–Crippen LogP) is 2.96. The zero-order chi connectivity index (χ0) is 19.0. The van der Waals surface area contributed by atoms with Gasteiger partial charge in [-0.15, -0.1) is 0 Å². The van der Waals surface area contributed by atoms with E-state index in [4.69, 9.17) is 11.6 Å². The van der Waals surface area contributed by atoms with Crippen LogP contribution < -0.4 is 5.32 Å². The topological polar surface area (TPSA) is 71.4 Å². The third-order valence-electron chi connectivity index (χ3n) is 4.59. The highest BCUT2D eigenvalue weighted by atomic mass is 35.5. The Hall–Kier alpha value is -2.86. The number of barbiturate groups is 1. The molecule has 0 bridgehead atoms. The van der Waals surface area contributed by atoms with Gasteiger partial charge >= 0.3 is 6.03 Å². The van der Waals surface area contributed by atoms with Gasteiger partial charge in [-0.1, -0.05) is 29.8 Å². The first-order valence-corrected chi connectivity index (χ1v) is 8.42. The van der Waals surface area contributed by atoms with Crippen LogP contribution in [-0.4, -0.2) is 27.3 Å². The zero-order valence-corrected chi connectivity index (χ0v) is 15.4. The second-order valence-corrected chi connectivity index (χ2v) is 6.59. The highest BCUT2D eigenvalue weighted by Gasteiger charge is 2.36. The molecule has 0 atom stereocenters. The molecule has 0 aliphatic carbocycles. The Bertz CT molecular complexity index is 959. The third kappa shape index (κ3) is 3.15. The van der Waals surface area contributed by atoms with E-state index in [1.165, 1.54) is 6.08 Å². The summed E-state index contributed by atoms with van der Waals surface area (Å²) in [6.45, 7) is 3.82. The molecule has 1 saturated heterocycles. The predicted molar refractivity (Wildman–Crippen MR) is 98.4 cm³/mol. The van der Waals surface area contributed by atoms with Crippen molar-refractivity contribution in [2.45, 2.75) is 20.4 Å². The first-order chi connectivity index (χ1) is 12.3. The molecule has 26 heavy (non-hydrogen) atoms. The van der Waals surface area contributed by atoms with Crippen LogP contribution in [0.3, 0.4) is 0 Å². The van der Waals surface area contributed by atoms with E-state index in [2.05, 4.69) is 5.32 Å². The molecule has 1 fully saturated rings. The fraction of sp³-hybridized carbons (Fsp3) is 0.211. The summed E-state index contributed by atoms with van der Waals surface area (Å²) in [5.41, 5.74) is 3.23. The summed E-state index contributed by atoms with van der Waals surface area (Å²) < 4.78 is 1.96. The summed E-state index contributed by atoms with van der Waals surface area (Å²) in [6, 6.07) is 8.08. The molecule has 0 saturated carbocycles. The molecule has 1 aliphatic heterocycles. The minimum atomic E-state index is -0.752. The number of benzene rings is 1. The molecular formula is C19H18ClN3O3. The van der Waals surface area contributed by atoms with Gasteiger partial charge in [-0.2, -0.15) is 0 Å². The van der Waals surface area contributed by atoms with E-state index in [1.807, 2.05) is 31.5 Å². The number of amides is 4. The van der Waals surface area contributed by atoms with E-state index in [-0.39, 0.29) is 12.1 Å². The molecule has 6 nitrogen and oxygen atoms in total. The number of imide groups is 2. The maximum Gasteiger partial charge on any atom is 0.331 e. The minimum absolute atomic E-state index is 0.0121. The van der Waals surface area contributed by atoms with Crippen molar-refractivity contribution in [3.05, 3.63) is 63.4 Å². The third-order valence-corrected chi connectivity index (χ3v) is 4.96. The zero-order valence-electron chi connectivity index (χ0n) is 14.7. The second-order valence-electron chi connectivity index (χ2n) is 6.19. The average molecular weight is 372 g/mol. The van der Waals surface area contributed by atoms with Crippen molar-refractivity contribution in [3.8, 4) is 0 Å². The van der Waals surface area contributed by atoms with Crippen LogP contribution in [0.25, 0.3) is 6.08 Å². The van der Waals surface area contributed by atoms with Crippen LogP contribution >= 0.6 is 11.6 Å². The summed E-state index contributed by atoms with van der Waals surface area (Å²) in [4.78, 5) is 38.1. The Morgan fingerprint density at radius 1 is 1.15 bits per heavy atom. The van der Waals surface area contributed by atoms with Gasteiger partial charge in [0, 0.05) is 23.5 Å². The molecule has 1 aromatic carbocycles. The lowest BCUT2D eigenvalue weighted by atomic mass is 10.1. The van der Waals surface area contributed by atoms with Gasteiger partial charge in [0.25, 0.3) is 11.8 Å². The standard InChI is InChI=1S/C19H18ClN3O3/c1-11-8-14(12(2)22(11)3)9-15-17(24)21-19(26)23(18(15)25)10-13-6-4-5-7-16(13)20/h4-9H,10H2,1-3H3,(H,21,24,26). The van der Waals surface area contributed by atoms with Crippen LogP contribution in [0.5, 0.6) is 0 Å². The second kappa shape index (κ2) is 6.80. The SMILES string of the molecule is Cc1cc(C=C2C(=O)NC(=O)N(Cc3ccccc3Cl)C2=O)c(C)n1C. The number of nitrogens with zero attached hydrogens (tertiary/aromatic N) is 2. The van der Waals surface area contributed by atoms with E-state index in [0.29, 0.717) is 10.6 Å². The molecule has 2 heterocycles. The number of carbonyl (C=O) groups is 3. The van der Waals surface area contributed by atoms with E-state index < -0.39 is 17.8 Å². The number of nitrogens with one attached hydrogen (secondary N) is 1. The Kier molecular flexibility index (Phi) is 4.70. The summed E-state index contributed by atoms with van der Waals surface area (Å²) in [7, 11) is 1.91. The molecule has 2 aromatic rings. The first-order valence-electron chi connectivity index (χ1n) is 8.04. The maximum atomic E-state index is 12.8. The van der Waals surface area contributed by atoms with Crippen molar-refractivity contribution in [1.29, 1.82) is 0 Å². The van der Waals surface area contributed by atoms with Gasteiger partial charge in [0.2, 0.25) is 0 Å².